The summed E-state index contributed by atoms with van der Waals surface area (Å²) in [6.45, 7) is 5.75. The summed E-state index contributed by atoms with van der Waals surface area (Å²) in [5, 5.41) is 4.86. The number of anilines is 1. The van der Waals surface area contributed by atoms with Crippen molar-refractivity contribution in [3.8, 4) is 0 Å². The summed E-state index contributed by atoms with van der Waals surface area (Å²) in [7, 11) is -3.61. The zero-order chi connectivity index (χ0) is 24.1. The van der Waals surface area contributed by atoms with Crippen LogP contribution in [0.3, 0.4) is 0 Å². The summed E-state index contributed by atoms with van der Waals surface area (Å²) in [4.78, 5) is 31.2. The number of benzene rings is 1. The second-order valence-electron chi connectivity index (χ2n) is 8.58. The Morgan fingerprint density at radius 2 is 1.94 bits per heavy atom. The lowest BCUT2D eigenvalue weighted by Gasteiger charge is -2.35. The number of halogens is 1. The standard InChI is InChI=1S/C22H26ClN5O4S/c1-12-9-15(23)10-16(20(12)26-33(4,31)32)22(30)27-8-6-5-7-18(27)17-11-19-24-14(3)13(2)21(29)28(19)25-17/h9-11,18,24,26H,5-8H2,1-4H3/t18-/m0/s1. The number of nitrogens with one attached hydrogen (secondary N) is 2. The second-order valence-corrected chi connectivity index (χ2v) is 10.8. The quantitative estimate of drug-likeness (QED) is 0.580. The Labute approximate surface area is 196 Å². The van der Waals surface area contributed by atoms with Gasteiger partial charge in [-0.1, -0.05) is 11.6 Å². The number of fused-ring (bicyclic) bond motifs is 1. The largest absolute Gasteiger partial charge is 0.343 e. The third kappa shape index (κ3) is 4.49. The Kier molecular flexibility index (Phi) is 6.00. The van der Waals surface area contributed by atoms with E-state index >= 15 is 0 Å². The molecule has 176 valence electrons. The van der Waals surface area contributed by atoms with Crippen molar-refractivity contribution in [2.24, 2.45) is 0 Å². The Hall–Kier alpha value is -2.85. The van der Waals surface area contributed by atoms with E-state index in [4.69, 9.17) is 11.6 Å². The molecular formula is C22H26ClN5O4S. The number of hydrogen-bond acceptors (Lipinski definition) is 5. The van der Waals surface area contributed by atoms with Gasteiger partial charge in [-0.05, 0) is 57.7 Å². The molecule has 1 fully saturated rings. The molecule has 2 aromatic heterocycles. The van der Waals surface area contributed by atoms with Gasteiger partial charge in [0.05, 0.1) is 29.2 Å². The molecule has 0 aliphatic carbocycles. The number of H-pyrrole nitrogens is 1. The van der Waals surface area contributed by atoms with E-state index in [1.807, 2.05) is 6.92 Å². The number of nitrogens with zero attached hydrogens (tertiary/aromatic N) is 3. The van der Waals surface area contributed by atoms with Crippen LogP contribution < -0.4 is 10.3 Å². The molecule has 11 heteroatoms. The van der Waals surface area contributed by atoms with E-state index in [9.17, 15) is 18.0 Å². The van der Waals surface area contributed by atoms with Gasteiger partial charge in [0.25, 0.3) is 11.5 Å². The molecule has 3 heterocycles. The number of aromatic amines is 1. The number of likely N-dealkylation sites (tertiary alicyclic amines) is 1. The highest BCUT2D eigenvalue weighted by molar-refractivity contribution is 7.92. The van der Waals surface area contributed by atoms with E-state index in [0.29, 0.717) is 40.5 Å². The first-order valence-corrected chi connectivity index (χ1v) is 12.9. The first kappa shape index (κ1) is 23.3. The summed E-state index contributed by atoms with van der Waals surface area (Å²) in [5.74, 6) is -0.341. The third-order valence-corrected chi connectivity index (χ3v) is 6.84. The second kappa shape index (κ2) is 8.49. The van der Waals surface area contributed by atoms with E-state index in [2.05, 4.69) is 14.8 Å². The lowest BCUT2D eigenvalue weighted by molar-refractivity contribution is 0.0606. The molecule has 1 atom stereocenters. The fourth-order valence-electron chi connectivity index (χ4n) is 4.28. The minimum Gasteiger partial charge on any atom is -0.343 e. The monoisotopic (exact) mass is 491 g/mol. The Morgan fingerprint density at radius 1 is 1.21 bits per heavy atom. The molecule has 0 radical (unpaired) electrons. The van der Waals surface area contributed by atoms with Crippen LogP contribution in [0.15, 0.2) is 23.0 Å². The number of sulfonamides is 1. The molecule has 0 saturated carbocycles. The SMILES string of the molecule is Cc1cc(Cl)cc(C(=O)N2CCCC[C@H]2c2cc3[nH]c(C)c(C)c(=O)n3n2)c1NS(C)(=O)=O. The molecule has 0 bridgehead atoms. The Bertz CT molecular complexity index is 1430. The fourth-order valence-corrected chi connectivity index (χ4v) is 5.20. The van der Waals surface area contributed by atoms with Crippen molar-refractivity contribution in [2.45, 2.75) is 46.1 Å². The van der Waals surface area contributed by atoms with E-state index in [0.717, 1.165) is 24.8 Å². The molecule has 1 saturated heterocycles. The predicted molar refractivity (Wildman–Crippen MR) is 128 cm³/mol. The number of rotatable bonds is 4. The van der Waals surface area contributed by atoms with Crippen molar-refractivity contribution in [2.75, 3.05) is 17.5 Å². The number of hydrogen-bond donors (Lipinski definition) is 2. The van der Waals surface area contributed by atoms with Gasteiger partial charge in [-0.15, -0.1) is 0 Å². The van der Waals surface area contributed by atoms with Gasteiger partial charge in [-0.25, -0.2) is 8.42 Å². The average molecular weight is 492 g/mol. The molecule has 1 aromatic carbocycles. The number of aryl methyl sites for hydroxylation is 2. The summed E-state index contributed by atoms with van der Waals surface area (Å²) in [6.07, 6.45) is 3.42. The highest BCUT2D eigenvalue weighted by atomic mass is 35.5. The van der Waals surface area contributed by atoms with Gasteiger partial charge in [0, 0.05) is 28.9 Å². The normalized spacial score (nSPS) is 16.9. The van der Waals surface area contributed by atoms with Crippen molar-refractivity contribution in [1.82, 2.24) is 19.5 Å². The van der Waals surface area contributed by atoms with Gasteiger partial charge in [0.15, 0.2) is 0 Å². The molecule has 4 rings (SSSR count). The number of piperidine rings is 1. The topological polar surface area (TPSA) is 117 Å². The molecule has 2 N–H and O–H groups in total. The van der Waals surface area contributed by atoms with Crippen molar-refractivity contribution >= 4 is 38.9 Å². The maximum absolute atomic E-state index is 13.7. The van der Waals surface area contributed by atoms with Crippen LogP contribution in [0.5, 0.6) is 0 Å². The maximum Gasteiger partial charge on any atom is 0.277 e. The molecule has 1 aliphatic heterocycles. The summed E-state index contributed by atoms with van der Waals surface area (Å²) >= 11 is 6.23. The highest BCUT2D eigenvalue weighted by Gasteiger charge is 2.33. The molecule has 0 spiro atoms. The predicted octanol–water partition coefficient (Wildman–Crippen LogP) is 3.34. The molecular weight excluding hydrogens is 466 g/mol. The van der Waals surface area contributed by atoms with Gasteiger partial charge >= 0.3 is 0 Å². The van der Waals surface area contributed by atoms with E-state index in [1.165, 1.54) is 10.6 Å². The van der Waals surface area contributed by atoms with E-state index in [1.54, 1.807) is 30.9 Å². The van der Waals surface area contributed by atoms with E-state index < -0.39 is 10.0 Å². The van der Waals surface area contributed by atoms with Crippen molar-refractivity contribution in [1.29, 1.82) is 0 Å². The molecule has 1 amide bonds. The van der Waals surface area contributed by atoms with Gasteiger partial charge in [0.2, 0.25) is 10.0 Å². The third-order valence-electron chi connectivity index (χ3n) is 6.04. The smallest absolute Gasteiger partial charge is 0.277 e. The number of aromatic nitrogens is 3. The van der Waals surface area contributed by atoms with Crippen LogP contribution in [-0.2, 0) is 10.0 Å². The molecule has 9 nitrogen and oxygen atoms in total. The van der Waals surface area contributed by atoms with Crippen LogP contribution in [-0.4, -0.2) is 46.6 Å². The number of amides is 1. The van der Waals surface area contributed by atoms with Crippen LogP contribution in [0.2, 0.25) is 5.02 Å². The van der Waals surface area contributed by atoms with Gasteiger partial charge in [-0.3, -0.25) is 14.3 Å². The van der Waals surface area contributed by atoms with Gasteiger partial charge < -0.3 is 9.88 Å². The summed E-state index contributed by atoms with van der Waals surface area (Å²) in [5.41, 5.74) is 3.27. The van der Waals surface area contributed by atoms with E-state index in [-0.39, 0.29) is 28.8 Å². The fraction of sp³-hybridized carbons (Fsp3) is 0.409. The maximum atomic E-state index is 13.7. The average Bonchev–Trinajstić information content (AvgIpc) is 3.16. The van der Waals surface area contributed by atoms with Crippen LogP contribution in [0.4, 0.5) is 5.69 Å². The Morgan fingerprint density at radius 3 is 2.64 bits per heavy atom. The van der Waals surface area contributed by atoms with Crippen molar-refractivity contribution in [3.05, 3.63) is 61.7 Å². The zero-order valence-corrected chi connectivity index (χ0v) is 20.5. The van der Waals surface area contributed by atoms with Crippen LogP contribution in [0.1, 0.15) is 58.2 Å². The molecule has 33 heavy (non-hydrogen) atoms. The summed E-state index contributed by atoms with van der Waals surface area (Å²) < 4.78 is 27.7. The minimum absolute atomic E-state index is 0.184. The first-order valence-electron chi connectivity index (χ1n) is 10.6. The van der Waals surface area contributed by atoms with Crippen LogP contribution >= 0.6 is 11.6 Å². The lowest BCUT2D eigenvalue weighted by Crippen LogP contribution is -2.39. The highest BCUT2D eigenvalue weighted by Crippen LogP contribution is 2.35. The Balaban J connectivity index is 1.79. The molecule has 1 aliphatic rings. The van der Waals surface area contributed by atoms with Crippen molar-refractivity contribution in [3.63, 3.8) is 0 Å². The van der Waals surface area contributed by atoms with Gasteiger partial charge in [0.1, 0.15) is 5.65 Å². The lowest BCUT2D eigenvalue weighted by atomic mass is 9.97. The summed E-state index contributed by atoms with van der Waals surface area (Å²) in [6, 6.07) is 4.53. The van der Waals surface area contributed by atoms with Crippen LogP contribution in [0, 0.1) is 20.8 Å². The number of carbonyl (C=O) groups is 1. The zero-order valence-electron chi connectivity index (χ0n) is 18.9. The van der Waals surface area contributed by atoms with Gasteiger partial charge in [-0.2, -0.15) is 9.61 Å². The molecule has 0 unspecified atom stereocenters. The minimum atomic E-state index is -3.61. The first-order chi connectivity index (χ1) is 15.5. The molecule has 3 aromatic rings. The van der Waals surface area contributed by atoms with Crippen LogP contribution in [0.25, 0.3) is 5.65 Å². The van der Waals surface area contributed by atoms with Crippen molar-refractivity contribution < 1.29 is 13.2 Å². The number of carbonyl (C=O) groups excluding carboxylic acids is 1.